The van der Waals surface area contributed by atoms with Gasteiger partial charge in [0.05, 0.1) is 5.56 Å². The van der Waals surface area contributed by atoms with E-state index in [-0.39, 0.29) is 5.56 Å². The zero-order valence-electron chi connectivity index (χ0n) is 8.96. The van der Waals surface area contributed by atoms with Gasteiger partial charge in [-0.15, -0.1) is 0 Å². The van der Waals surface area contributed by atoms with Gasteiger partial charge in [0.25, 0.3) is 0 Å². The minimum Gasteiger partial charge on any atom is -0.478 e. The molecule has 4 heteroatoms. The molecule has 0 unspecified atom stereocenters. The van der Waals surface area contributed by atoms with Crippen molar-refractivity contribution in [3.05, 3.63) is 60.2 Å². The Bertz CT molecular complexity index is 514. The van der Waals surface area contributed by atoms with Crippen LogP contribution < -0.4 is 4.72 Å². The Morgan fingerprint density at radius 2 is 1.82 bits per heavy atom. The zero-order chi connectivity index (χ0) is 12.1. The number of carboxylic acid groups (broad SMARTS) is 1. The van der Waals surface area contributed by atoms with Crippen LogP contribution in [0.15, 0.2) is 59.5 Å². The third kappa shape index (κ3) is 3.26. The highest BCUT2D eigenvalue weighted by Gasteiger charge is 2.02. The Kier molecular flexibility index (Phi) is 3.67. The van der Waals surface area contributed by atoms with E-state index in [1.54, 1.807) is 18.2 Å². The molecule has 17 heavy (non-hydrogen) atoms. The van der Waals surface area contributed by atoms with E-state index in [1.165, 1.54) is 11.9 Å². The monoisotopic (exact) mass is 245 g/mol. The summed E-state index contributed by atoms with van der Waals surface area (Å²) >= 11 is 1.45. The van der Waals surface area contributed by atoms with E-state index in [0.29, 0.717) is 0 Å². The third-order valence-corrected chi connectivity index (χ3v) is 2.99. The second-order valence-corrected chi connectivity index (χ2v) is 4.28. The zero-order valence-corrected chi connectivity index (χ0v) is 9.78. The van der Waals surface area contributed by atoms with Crippen LogP contribution in [0.3, 0.4) is 0 Å². The van der Waals surface area contributed by atoms with Crippen LogP contribution in [0.5, 0.6) is 0 Å². The normalized spacial score (nSPS) is 9.88. The van der Waals surface area contributed by atoms with Gasteiger partial charge in [-0.25, -0.2) is 4.79 Å². The second-order valence-electron chi connectivity index (χ2n) is 3.40. The number of hydrogen-bond donors (Lipinski definition) is 2. The standard InChI is InChI=1S/C13H11NO2S/c15-13(16)10-5-4-6-11(9-10)14-17-12-7-2-1-3-8-12/h1-9,14H,(H,15,16). The van der Waals surface area contributed by atoms with E-state index in [4.69, 9.17) is 5.11 Å². The van der Waals surface area contributed by atoms with Crippen LogP contribution in [0.2, 0.25) is 0 Å². The summed E-state index contributed by atoms with van der Waals surface area (Å²) in [5, 5.41) is 8.86. The average Bonchev–Trinajstić information content (AvgIpc) is 2.38. The maximum Gasteiger partial charge on any atom is 0.335 e. The molecule has 2 aromatic rings. The number of carbonyl (C=O) groups is 1. The molecule has 0 bridgehead atoms. The molecular formula is C13H11NO2S. The lowest BCUT2D eigenvalue weighted by Gasteiger charge is -2.05. The van der Waals surface area contributed by atoms with Gasteiger partial charge in [0, 0.05) is 10.6 Å². The van der Waals surface area contributed by atoms with Crippen molar-refractivity contribution in [2.75, 3.05) is 4.72 Å². The maximum atomic E-state index is 10.8. The summed E-state index contributed by atoms with van der Waals surface area (Å²) in [7, 11) is 0. The lowest BCUT2D eigenvalue weighted by Crippen LogP contribution is -1.96. The predicted molar refractivity (Wildman–Crippen MR) is 69.3 cm³/mol. The molecule has 0 spiro atoms. The molecule has 0 aliphatic heterocycles. The lowest BCUT2D eigenvalue weighted by atomic mass is 10.2. The van der Waals surface area contributed by atoms with Gasteiger partial charge in [0.1, 0.15) is 0 Å². The van der Waals surface area contributed by atoms with Gasteiger partial charge in [-0.2, -0.15) is 0 Å². The Balaban J connectivity index is 2.04. The lowest BCUT2D eigenvalue weighted by molar-refractivity contribution is 0.0697. The summed E-state index contributed by atoms with van der Waals surface area (Å²) in [5.74, 6) is -0.918. The van der Waals surface area contributed by atoms with E-state index in [0.717, 1.165) is 10.6 Å². The van der Waals surface area contributed by atoms with E-state index < -0.39 is 5.97 Å². The van der Waals surface area contributed by atoms with E-state index in [1.807, 2.05) is 36.4 Å². The molecule has 3 nitrogen and oxygen atoms in total. The Hall–Kier alpha value is -1.94. The summed E-state index contributed by atoms with van der Waals surface area (Å²) in [4.78, 5) is 11.9. The first-order valence-electron chi connectivity index (χ1n) is 5.07. The molecule has 0 amide bonds. The quantitative estimate of drug-likeness (QED) is 0.809. The van der Waals surface area contributed by atoms with E-state index in [2.05, 4.69) is 4.72 Å². The van der Waals surface area contributed by atoms with Crippen molar-refractivity contribution < 1.29 is 9.90 Å². The maximum absolute atomic E-state index is 10.8. The first-order chi connectivity index (χ1) is 8.25. The number of benzene rings is 2. The SMILES string of the molecule is O=C(O)c1cccc(NSc2ccccc2)c1. The molecule has 0 saturated heterocycles. The molecule has 0 aliphatic carbocycles. The van der Waals surface area contributed by atoms with Crippen LogP contribution in [0.25, 0.3) is 0 Å². The number of nitrogens with one attached hydrogen (secondary N) is 1. The summed E-state index contributed by atoms with van der Waals surface area (Å²) in [6.45, 7) is 0. The smallest absolute Gasteiger partial charge is 0.335 e. The molecule has 2 aromatic carbocycles. The van der Waals surface area contributed by atoms with Gasteiger partial charge in [-0.3, -0.25) is 0 Å². The van der Waals surface area contributed by atoms with Crippen molar-refractivity contribution in [3.63, 3.8) is 0 Å². The van der Waals surface area contributed by atoms with Crippen LogP contribution in [-0.2, 0) is 0 Å². The van der Waals surface area contributed by atoms with Gasteiger partial charge in [-0.1, -0.05) is 24.3 Å². The summed E-state index contributed by atoms with van der Waals surface area (Å²) in [5.41, 5.74) is 1.06. The highest BCUT2D eigenvalue weighted by atomic mass is 32.2. The molecule has 2 rings (SSSR count). The van der Waals surface area contributed by atoms with Crippen LogP contribution in [0.1, 0.15) is 10.4 Å². The Labute approximate surface area is 104 Å². The minimum absolute atomic E-state index is 0.281. The number of aromatic carboxylic acids is 1. The summed E-state index contributed by atoms with van der Waals surface area (Å²) in [6.07, 6.45) is 0. The van der Waals surface area contributed by atoms with E-state index in [9.17, 15) is 4.79 Å². The second kappa shape index (κ2) is 5.41. The Morgan fingerprint density at radius 1 is 1.06 bits per heavy atom. The summed E-state index contributed by atoms with van der Waals surface area (Å²) < 4.78 is 3.11. The van der Waals surface area contributed by atoms with Crippen molar-refractivity contribution in [2.24, 2.45) is 0 Å². The molecule has 0 aromatic heterocycles. The van der Waals surface area contributed by atoms with Crippen molar-refractivity contribution >= 4 is 23.6 Å². The molecule has 0 aliphatic rings. The van der Waals surface area contributed by atoms with Crippen LogP contribution in [0, 0.1) is 0 Å². The molecule has 0 atom stereocenters. The fourth-order valence-corrected chi connectivity index (χ4v) is 1.98. The van der Waals surface area contributed by atoms with Crippen molar-refractivity contribution in [2.45, 2.75) is 4.90 Å². The Morgan fingerprint density at radius 3 is 2.53 bits per heavy atom. The van der Waals surface area contributed by atoms with Gasteiger partial charge in [-0.05, 0) is 42.3 Å². The highest BCUT2D eigenvalue weighted by Crippen LogP contribution is 2.21. The molecule has 0 fully saturated rings. The number of carboxylic acids is 1. The number of anilines is 1. The predicted octanol–water partition coefficient (Wildman–Crippen LogP) is 3.50. The van der Waals surface area contributed by atoms with Crippen molar-refractivity contribution in [1.82, 2.24) is 0 Å². The molecule has 0 heterocycles. The number of rotatable bonds is 4. The van der Waals surface area contributed by atoms with Gasteiger partial charge in [0.15, 0.2) is 0 Å². The van der Waals surface area contributed by atoms with Gasteiger partial charge in [0.2, 0.25) is 0 Å². The topological polar surface area (TPSA) is 49.3 Å². The average molecular weight is 245 g/mol. The summed E-state index contributed by atoms with van der Waals surface area (Å²) in [6, 6.07) is 16.6. The molecular weight excluding hydrogens is 234 g/mol. The van der Waals surface area contributed by atoms with Crippen molar-refractivity contribution in [1.29, 1.82) is 0 Å². The van der Waals surface area contributed by atoms with Crippen LogP contribution >= 0.6 is 11.9 Å². The highest BCUT2D eigenvalue weighted by molar-refractivity contribution is 8.00. The van der Waals surface area contributed by atoms with Crippen LogP contribution in [-0.4, -0.2) is 11.1 Å². The van der Waals surface area contributed by atoms with Gasteiger partial charge < -0.3 is 9.83 Å². The fourth-order valence-electron chi connectivity index (χ4n) is 1.32. The fraction of sp³-hybridized carbons (Fsp3) is 0. The molecule has 0 saturated carbocycles. The molecule has 0 radical (unpaired) electrons. The van der Waals surface area contributed by atoms with Crippen LogP contribution in [0.4, 0.5) is 5.69 Å². The number of hydrogen-bond acceptors (Lipinski definition) is 3. The first kappa shape index (κ1) is 11.5. The van der Waals surface area contributed by atoms with Crippen molar-refractivity contribution in [3.8, 4) is 0 Å². The largest absolute Gasteiger partial charge is 0.478 e. The van der Waals surface area contributed by atoms with E-state index >= 15 is 0 Å². The third-order valence-electron chi connectivity index (χ3n) is 2.14. The molecule has 86 valence electrons. The molecule has 2 N–H and O–H groups in total. The van der Waals surface area contributed by atoms with Gasteiger partial charge >= 0.3 is 5.97 Å². The first-order valence-corrected chi connectivity index (χ1v) is 5.88. The minimum atomic E-state index is -0.918.